The van der Waals surface area contributed by atoms with Crippen LogP contribution >= 0.6 is 0 Å². The van der Waals surface area contributed by atoms with Gasteiger partial charge >= 0.3 is 15.6 Å². The summed E-state index contributed by atoms with van der Waals surface area (Å²) in [5.41, 5.74) is -4.45. The van der Waals surface area contributed by atoms with Gasteiger partial charge < -0.3 is 13.9 Å². The fourth-order valence-electron chi connectivity index (χ4n) is 3.29. The molecule has 3 rings (SSSR count). The van der Waals surface area contributed by atoms with E-state index in [1.807, 2.05) is 0 Å². The number of amides is 1. The minimum atomic E-state index is -5.74. The zero-order chi connectivity index (χ0) is 20.4. The van der Waals surface area contributed by atoms with Crippen LogP contribution in [0.5, 0.6) is 5.75 Å². The van der Waals surface area contributed by atoms with Crippen molar-refractivity contribution in [1.29, 1.82) is 0 Å². The molecule has 1 aliphatic carbocycles. The third-order valence-electron chi connectivity index (χ3n) is 4.68. The van der Waals surface area contributed by atoms with Crippen molar-refractivity contribution in [1.82, 2.24) is 5.32 Å². The van der Waals surface area contributed by atoms with Crippen molar-refractivity contribution < 1.29 is 35.0 Å². The number of aryl methyl sites for hydroxylation is 1. The highest BCUT2D eigenvalue weighted by Gasteiger charge is 2.48. The summed E-state index contributed by atoms with van der Waals surface area (Å²) in [6, 6.07) is 3.87. The normalized spacial score (nSPS) is 15.8. The van der Waals surface area contributed by atoms with Crippen LogP contribution in [0.1, 0.15) is 44.1 Å². The standard InChI is InChI=1S/C18H20F3NO5S/c19-18(20,21)28(24,25)27-14-8-9-16-15(10-14)12(11-26-16)4-3-7-17(23)22-13-5-1-2-6-13/h8-11,13H,1-7H2,(H,22,23). The third-order valence-corrected chi connectivity index (χ3v) is 5.66. The van der Waals surface area contributed by atoms with Gasteiger partial charge in [-0.1, -0.05) is 12.8 Å². The fraction of sp³-hybridized carbons (Fsp3) is 0.500. The highest BCUT2D eigenvalue weighted by atomic mass is 32.2. The second-order valence-corrected chi connectivity index (χ2v) is 8.34. The summed E-state index contributed by atoms with van der Waals surface area (Å²) in [4.78, 5) is 12.0. The first-order chi connectivity index (χ1) is 13.2. The number of carbonyl (C=O) groups excluding carboxylic acids is 1. The molecule has 0 saturated heterocycles. The monoisotopic (exact) mass is 419 g/mol. The van der Waals surface area contributed by atoms with Crippen LogP contribution in [0.2, 0.25) is 0 Å². The van der Waals surface area contributed by atoms with Gasteiger partial charge in [0, 0.05) is 17.8 Å². The number of fused-ring (bicyclic) bond motifs is 1. The molecule has 0 radical (unpaired) electrons. The van der Waals surface area contributed by atoms with Gasteiger partial charge in [-0.3, -0.25) is 4.79 Å². The first-order valence-electron chi connectivity index (χ1n) is 8.96. The SMILES string of the molecule is O=C(CCCc1coc2ccc(OS(=O)(=O)C(F)(F)F)cc12)NC1CCCC1. The number of hydrogen-bond acceptors (Lipinski definition) is 5. The van der Waals surface area contributed by atoms with Crippen molar-refractivity contribution >= 4 is 27.0 Å². The lowest BCUT2D eigenvalue weighted by atomic mass is 10.1. The molecule has 0 aliphatic heterocycles. The maximum absolute atomic E-state index is 12.5. The smallest absolute Gasteiger partial charge is 0.464 e. The average Bonchev–Trinajstić information content (AvgIpc) is 3.23. The molecule has 2 aromatic rings. The highest BCUT2D eigenvalue weighted by Crippen LogP contribution is 2.31. The van der Waals surface area contributed by atoms with Gasteiger partial charge in [0.15, 0.2) is 0 Å². The van der Waals surface area contributed by atoms with Gasteiger partial charge in [-0.2, -0.15) is 21.6 Å². The molecule has 0 atom stereocenters. The summed E-state index contributed by atoms with van der Waals surface area (Å²) in [7, 11) is -5.74. The Morgan fingerprint density at radius 2 is 1.96 bits per heavy atom. The highest BCUT2D eigenvalue weighted by molar-refractivity contribution is 7.88. The maximum atomic E-state index is 12.5. The van der Waals surface area contributed by atoms with Crippen molar-refractivity contribution in [3.63, 3.8) is 0 Å². The van der Waals surface area contributed by atoms with E-state index in [9.17, 15) is 26.4 Å². The lowest BCUT2D eigenvalue weighted by molar-refractivity contribution is -0.121. The number of benzene rings is 1. The number of nitrogens with one attached hydrogen (secondary N) is 1. The molecule has 1 saturated carbocycles. The Kier molecular flexibility index (Phi) is 5.87. The predicted octanol–water partition coefficient (Wildman–Crippen LogP) is 4.04. The quantitative estimate of drug-likeness (QED) is 0.541. The summed E-state index contributed by atoms with van der Waals surface area (Å²) < 4.78 is 69.2. The number of carbonyl (C=O) groups is 1. The van der Waals surface area contributed by atoms with Gasteiger partial charge in [-0.25, -0.2) is 0 Å². The third kappa shape index (κ3) is 4.78. The molecular formula is C18H20F3NO5S. The first-order valence-corrected chi connectivity index (χ1v) is 10.4. The Morgan fingerprint density at radius 3 is 2.64 bits per heavy atom. The van der Waals surface area contributed by atoms with Crippen LogP contribution in [-0.4, -0.2) is 25.9 Å². The zero-order valence-corrected chi connectivity index (χ0v) is 15.7. The van der Waals surface area contributed by atoms with Crippen LogP contribution in [0.25, 0.3) is 11.0 Å². The molecule has 0 bridgehead atoms. The number of furan rings is 1. The Hall–Kier alpha value is -2.23. The van der Waals surface area contributed by atoms with E-state index in [-0.39, 0.29) is 11.9 Å². The lowest BCUT2D eigenvalue weighted by Crippen LogP contribution is -2.32. The van der Waals surface area contributed by atoms with E-state index in [1.54, 1.807) is 0 Å². The van der Waals surface area contributed by atoms with Gasteiger partial charge in [-0.15, -0.1) is 0 Å². The molecule has 154 valence electrons. The Morgan fingerprint density at radius 1 is 1.25 bits per heavy atom. The molecule has 28 heavy (non-hydrogen) atoms. The summed E-state index contributed by atoms with van der Waals surface area (Å²) in [6.45, 7) is 0. The summed E-state index contributed by atoms with van der Waals surface area (Å²) in [5.74, 6) is -0.480. The topological polar surface area (TPSA) is 85.6 Å². The van der Waals surface area contributed by atoms with Crippen LogP contribution in [0.15, 0.2) is 28.9 Å². The van der Waals surface area contributed by atoms with Gasteiger partial charge in [-0.05, 0) is 49.4 Å². The molecule has 1 heterocycles. The minimum absolute atomic E-state index is 0.0278. The van der Waals surface area contributed by atoms with E-state index in [4.69, 9.17) is 4.42 Å². The Labute approximate surface area is 160 Å². The molecular weight excluding hydrogens is 399 g/mol. The van der Waals surface area contributed by atoms with Crippen molar-refractivity contribution in [3.8, 4) is 5.75 Å². The Bertz CT molecular complexity index is 946. The number of rotatable bonds is 7. The van der Waals surface area contributed by atoms with Crippen molar-refractivity contribution in [2.75, 3.05) is 0 Å². The van der Waals surface area contributed by atoms with Crippen LogP contribution in [0, 0.1) is 0 Å². The van der Waals surface area contributed by atoms with Gasteiger partial charge in [0.2, 0.25) is 5.91 Å². The van der Waals surface area contributed by atoms with Crippen LogP contribution in [0.4, 0.5) is 13.2 Å². The van der Waals surface area contributed by atoms with E-state index < -0.39 is 21.4 Å². The van der Waals surface area contributed by atoms with E-state index in [0.717, 1.165) is 31.7 Å². The maximum Gasteiger partial charge on any atom is 0.534 e. The summed E-state index contributed by atoms with van der Waals surface area (Å²) >= 11 is 0. The summed E-state index contributed by atoms with van der Waals surface area (Å²) in [6.07, 6.45) is 7.01. The molecule has 1 N–H and O–H groups in total. The zero-order valence-electron chi connectivity index (χ0n) is 14.9. The fourth-order valence-corrected chi connectivity index (χ4v) is 3.74. The number of halogens is 3. The van der Waals surface area contributed by atoms with E-state index in [2.05, 4.69) is 9.50 Å². The van der Waals surface area contributed by atoms with Gasteiger partial charge in [0.05, 0.1) is 6.26 Å². The van der Waals surface area contributed by atoms with Gasteiger partial charge in [0.25, 0.3) is 0 Å². The predicted molar refractivity (Wildman–Crippen MR) is 95.2 cm³/mol. The Balaban J connectivity index is 1.63. The number of hydrogen-bond donors (Lipinski definition) is 1. The van der Waals surface area contributed by atoms with E-state index in [1.165, 1.54) is 18.4 Å². The summed E-state index contributed by atoms with van der Waals surface area (Å²) in [5, 5.41) is 3.44. The molecule has 1 aliphatic rings. The average molecular weight is 419 g/mol. The van der Waals surface area contributed by atoms with Crippen LogP contribution in [0.3, 0.4) is 0 Å². The molecule has 6 nitrogen and oxygen atoms in total. The van der Waals surface area contributed by atoms with Crippen LogP contribution in [-0.2, 0) is 21.3 Å². The molecule has 10 heteroatoms. The van der Waals surface area contributed by atoms with Crippen molar-refractivity contribution in [2.24, 2.45) is 0 Å². The number of alkyl halides is 3. The van der Waals surface area contributed by atoms with Crippen molar-refractivity contribution in [3.05, 3.63) is 30.0 Å². The van der Waals surface area contributed by atoms with Crippen LogP contribution < -0.4 is 9.50 Å². The second-order valence-electron chi connectivity index (χ2n) is 6.80. The largest absolute Gasteiger partial charge is 0.534 e. The van der Waals surface area contributed by atoms with Crippen molar-refractivity contribution in [2.45, 2.75) is 56.5 Å². The second kappa shape index (κ2) is 8.02. The molecule has 0 spiro atoms. The van der Waals surface area contributed by atoms with E-state index in [0.29, 0.717) is 35.8 Å². The molecule has 0 unspecified atom stereocenters. The molecule has 1 fully saturated rings. The molecule has 1 aromatic carbocycles. The molecule has 1 amide bonds. The molecule has 1 aromatic heterocycles. The van der Waals surface area contributed by atoms with Gasteiger partial charge in [0.1, 0.15) is 11.3 Å². The minimum Gasteiger partial charge on any atom is -0.464 e. The van der Waals surface area contributed by atoms with E-state index >= 15 is 0 Å². The lowest BCUT2D eigenvalue weighted by Gasteiger charge is -2.11. The first kappa shape index (κ1) is 20.5.